The van der Waals surface area contributed by atoms with Crippen molar-refractivity contribution in [3.05, 3.63) is 54.1 Å². The van der Waals surface area contributed by atoms with E-state index in [1.807, 2.05) is 35.2 Å². The Morgan fingerprint density at radius 1 is 1.10 bits per heavy atom. The van der Waals surface area contributed by atoms with E-state index in [1.165, 1.54) is 7.11 Å². The lowest BCUT2D eigenvalue weighted by Gasteiger charge is -2.34. The Morgan fingerprint density at radius 3 is 2.55 bits per heavy atom. The zero-order valence-electron chi connectivity index (χ0n) is 17.8. The maximum Gasteiger partial charge on any atom is 0.237 e. The van der Waals surface area contributed by atoms with Crippen molar-refractivity contribution in [2.45, 2.75) is 32.4 Å². The van der Waals surface area contributed by atoms with Crippen molar-refractivity contribution in [2.75, 3.05) is 30.8 Å². The molecule has 31 heavy (non-hydrogen) atoms. The van der Waals surface area contributed by atoms with Crippen LogP contribution < -0.4 is 20.7 Å². The Labute approximate surface area is 182 Å². The van der Waals surface area contributed by atoms with Gasteiger partial charge >= 0.3 is 0 Å². The summed E-state index contributed by atoms with van der Waals surface area (Å²) in [5, 5.41) is 8.44. The van der Waals surface area contributed by atoms with Crippen LogP contribution in [0.2, 0.25) is 0 Å². The molecule has 2 aromatic carbocycles. The molecule has 8 heteroatoms. The molecule has 1 aliphatic heterocycles. The molecule has 8 nitrogen and oxygen atoms in total. The highest BCUT2D eigenvalue weighted by Crippen LogP contribution is 2.28. The molecule has 1 fully saturated rings. The van der Waals surface area contributed by atoms with Crippen LogP contribution in [0.5, 0.6) is 5.75 Å². The monoisotopic (exact) mass is 424 g/mol. The molecule has 0 spiro atoms. The number of carbonyl (C=O) groups excluding carboxylic acids is 3. The number of hydrogen-bond donors (Lipinski definition) is 3. The minimum atomic E-state index is -0.576. The number of ether oxygens (including phenoxy) is 1. The first-order chi connectivity index (χ1) is 15.0. The fourth-order valence-electron chi connectivity index (χ4n) is 3.47. The molecule has 0 aromatic heterocycles. The predicted molar refractivity (Wildman–Crippen MR) is 119 cm³/mol. The summed E-state index contributed by atoms with van der Waals surface area (Å²) in [5.41, 5.74) is 1.99. The largest absolute Gasteiger partial charge is 0.497 e. The fraction of sp³-hybridized carbons (Fsp3) is 0.348. The van der Waals surface area contributed by atoms with Gasteiger partial charge in [-0.3, -0.25) is 19.3 Å². The van der Waals surface area contributed by atoms with Crippen molar-refractivity contribution in [1.82, 2.24) is 10.2 Å². The molecule has 3 rings (SSSR count). The third-order valence-electron chi connectivity index (χ3n) is 5.14. The van der Waals surface area contributed by atoms with Crippen molar-refractivity contribution < 1.29 is 19.1 Å². The van der Waals surface area contributed by atoms with Gasteiger partial charge in [0.25, 0.3) is 0 Å². The molecule has 1 atom stereocenters. The summed E-state index contributed by atoms with van der Waals surface area (Å²) >= 11 is 0. The first-order valence-corrected chi connectivity index (χ1v) is 10.3. The molecule has 1 saturated heterocycles. The van der Waals surface area contributed by atoms with Crippen molar-refractivity contribution in [1.29, 1.82) is 0 Å². The van der Waals surface area contributed by atoms with Crippen molar-refractivity contribution in [3.8, 4) is 5.75 Å². The standard InChI is InChI=1S/C23H28N4O4/c1-3-21(28)25-18-10-9-17(31-2)13-19(18)26-22(29)14-20-23(30)24-11-12-27(20)15-16-7-5-4-6-8-16/h4-10,13,20H,3,11-12,14-15H2,1-2H3,(H,24,30)(H,25,28)(H,26,29). The van der Waals surface area contributed by atoms with Crippen LogP contribution >= 0.6 is 0 Å². The fourth-order valence-corrected chi connectivity index (χ4v) is 3.47. The molecule has 0 radical (unpaired) electrons. The summed E-state index contributed by atoms with van der Waals surface area (Å²) in [6.07, 6.45) is 0.313. The Bertz CT molecular complexity index is 932. The van der Waals surface area contributed by atoms with Crippen LogP contribution in [-0.2, 0) is 20.9 Å². The van der Waals surface area contributed by atoms with Gasteiger partial charge < -0.3 is 20.7 Å². The number of methoxy groups -OCH3 is 1. The van der Waals surface area contributed by atoms with Gasteiger partial charge in [0.15, 0.2) is 0 Å². The number of rotatable bonds is 8. The number of amides is 3. The lowest BCUT2D eigenvalue weighted by Crippen LogP contribution is -2.55. The van der Waals surface area contributed by atoms with Gasteiger partial charge in [-0.15, -0.1) is 0 Å². The Morgan fingerprint density at radius 2 is 1.84 bits per heavy atom. The van der Waals surface area contributed by atoms with Gasteiger partial charge in [-0.25, -0.2) is 0 Å². The lowest BCUT2D eigenvalue weighted by molar-refractivity contribution is -0.132. The normalized spacial score (nSPS) is 16.3. The number of piperazine rings is 1. The predicted octanol–water partition coefficient (Wildman–Crippen LogP) is 2.37. The third kappa shape index (κ3) is 6.05. The van der Waals surface area contributed by atoms with E-state index in [0.717, 1.165) is 5.56 Å². The van der Waals surface area contributed by atoms with Crippen LogP contribution in [0, 0.1) is 0 Å². The van der Waals surface area contributed by atoms with Crippen molar-refractivity contribution >= 4 is 29.1 Å². The Kier molecular flexibility index (Phi) is 7.61. The number of hydrogen-bond acceptors (Lipinski definition) is 5. The smallest absolute Gasteiger partial charge is 0.237 e. The lowest BCUT2D eigenvalue weighted by atomic mass is 10.1. The zero-order valence-corrected chi connectivity index (χ0v) is 17.8. The van der Waals surface area contributed by atoms with Crippen LogP contribution in [0.1, 0.15) is 25.3 Å². The second-order valence-corrected chi connectivity index (χ2v) is 7.33. The SMILES string of the molecule is CCC(=O)Nc1ccc(OC)cc1NC(=O)CC1C(=O)NCCN1Cc1ccccc1. The first-order valence-electron chi connectivity index (χ1n) is 10.3. The van der Waals surface area contributed by atoms with Gasteiger partial charge in [0.1, 0.15) is 5.75 Å². The molecular weight excluding hydrogens is 396 g/mol. The van der Waals surface area contributed by atoms with Gasteiger partial charge in [0.2, 0.25) is 17.7 Å². The molecule has 0 saturated carbocycles. The minimum Gasteiger partial charge on any atom is -0.497 e. The quantitative estimate of drug-likeness (QED) is 0.604. The highest BCUT2D eigenvalue weighted by atomic mass is 16.5. The maximum atomic E-state index is 12.9. The number of carbonyl (C=O) groups is 3. The molecule has 3 N–H and O–H groups in total. The topological polar surface area (TPSA) is 99.8 Å². The maximum absolute atomic E-state index is 12.9. The van der Waals surface area contributed by atoms with Gasteiger partial charge in [0.05, 0.1) is 30.9 Å². The van der Waals surface area contributed by atoms with E-state index in [9.17, 15) is 14.4 Å². The third-order valence-corrected chi connectivity index (χ3v) is 5.14. The van der Waals surface area contributed by atoms with Crippen LogP contribution in [0.25, 0.3) is 0 Å². The van der Waals surface area contributed by atoms with Crippen LogP contribution in [0.15, 0.2) is 48.5 Å². The summed E-state index contributed by atoms with van der Waals surface area (Å²) in [4.78, 5) is 39.2. The summed E-state index contributed by atoms with van der Waals surface area (Å²) < 4.78 is 5.24. The van der Waals surface area contributed by atoms with E-state index in [0.29, 0.717) is 43.2 Å². The second-order valence-electron chi connectivity index (χ2n) is 7.33. The van der Waals surface area contributed by atoms with Crippen LogP contribution in [0.3, 0.4) is 0 Å². The summed E-state index contributed by atoms with van der Waals surface area (Å²) in [6.45, 7) is 3.55. The van der Waals surface area contributed by atoms with Gasteiger partial charge in [-0.2, -0.15) is 0 Å². The van der Waals surface area contributed by atoms with Crippen LogP contribution in [0.4, 0.5) is 11.4 Å². The van der Waals surface area contributed by atoms with E-state index in [1.54, 1.807) is 25.1 Å². The number of nitrogens with one attached hydrogen (secondary N) is 3. The van der Waals surface area contributed by atoms with Gasteiger partial charge in [-0.1, -0.05) is 37.3 Å². The average Bonchev–Trinajstić information content (AvgIpc) is 2.78. The molecule has 0 aliphatic carbocycles. The molecule has 1 aliphatic rings. The molecule has 3 amide bonds. The molecule has 1 heterocycles. The van der Waals surface area contributed by atoms with Crippen molar-refractivity contribution in [2.24, 2.45) is 0 Å². The van der Waals surface area contributed by atoms with E-state index in [2.05, 4.69) is 16.0 Å². The summed E-state index contributed by atoms with van der Waals surface area (Å²) in [7, 11) is 1.53. The first kappa shape index (κ1) is 22.3. The molecule has 2 aromatic rings. The number of nitrogens with zero attached hydrogens (tertiary/aromatic N) is 1. The van der Waals surface area contributed by atoms with E-state index in [4.69, 9.17) is 4.74 Å². The molecular formula is C23H28N4O4. The van der Waals surface area contributed by atoms with Gasteiger partial charge in [0, 0.05) is 32.1 Å². The van der Waals surface area contributed by atoms with Gasteiger partial charge in [-0.05, 0) is 17.7 Å². The highest BCUT2D eigenvalue weighted by Gasteiger charge is 2.31. The number of benzene rings is 2. The molecule has 0 bridgehead atoms. The Hall–Kier alpha value is -3.39. The zero-order chi connectivity index (χ0) is 22.2. The average molecular weight is 425 g/mol. The van der Waals surface area contributed by atoms with Crippen molar-refractivity contribution in [3.63, 3.8) is 0 Å². The second kappa shape index (κ2) is 10.6. The Balaban J connectivity index is 1.73. The summed E-state index contributed by atoms with van der Waals surface area (Å²) in [5.74, 6) is -0.102. The van der Waals surface area contributed by atoms with E-state index in [-0.39, 0.29) is 24.1 Å². The number of anilines is 2. The van der Waals surface area contributed by atoms with Crippen LogP contribution in [-0.4, -0.2) is 48.9 Å². The summed E-state index contributed by atoms with van der Waals surface area (Å²) in [6, 6.07) is 14.3. The molecule has 164 valence electrons. The highest BCUT2D eigenvalue weighted by molar-refractivity contribution is 6.01. The molecule has 1 unspecified atom stereocenters. The van der Waals surface area contributed by atoms with E-state index >= 15 is 0 Å². The van der Waals surface area contributed by atoms with E-state index < -0.39 is 6.04 Å². The minimum absolute atomic E-state index is 0.00294.